The zero-order valence-corrected chi connectivity index (χ0v) is 12.0. The van der Waals surface area contributed by atoms with Crippen LogP contribution in [0.15, 0.2) is 36.9 Å². The zero-order valence-electron chi connectivity index (χ0n) is 12.0. The van der Waals surface area contributed by atoms with Crippen molar-refractivity contribution in [2.24, 2.45) is 0 Å². The molecule has 0 amide bonds. The molecule has 1 aliphatic heterocycles. The summed E-state index contributed by atoms with van der Waals surface area (Å²) in [4.78, 5) is 4.08. The minimum Gasteiger partial charge on any atom is -0.345 e. The summed E-state index contributed by atoms with van der Waals surface area (Å²) in [6, 6.07) is 6.59. The molecule has 106 valence electrons. The fourth-order valence-electron chi connectivity index (χ4n) is 2.89. The monoisotopic (exact) mass is 272 g/mol. The molecular weight excluding hydrogens is 252 g/mol. The highest BCUT2D eigenvalue weighted by Gasteiger charge is 2.37. The van der Waals surface area contributed by atoms with Crippen LogP contribution in [0.2, 0.25) is 0 Å². The maximum absolute atomic E-state index is 5.93. The molecule has 4 heteroatoms. The Balaban J connectivity index is 1.83. The van der Waals surface area contributed by atoms with Crippen molar-refractivity contribution in [3.63, 3.8) is 0 Å². The van der Waals surface area contributed by atoms with Crippen LogP contribution in [0.25, 0.3) is 0 Å². The summed E-state index contributed by atoms with van der Waals surface area (Å²) in [6.45, 7) is 6.21. The Bertz CT molecular complexity index is 552. The van der Waals surface area contributed by atoms with Gasteiger partial charge in [0.2, 0.25) is 0 Å². The summed E-state index contributed by atoms with van der Waals surface area (Å²) in [7, 11) is 0. The van der Waals surface area contributed by atoms with E-state index in [9.17, 15) is 0 Å². The van der Waals surface area contributed by atoms with Crippen LogP contribution < -0.4 is 0 Å². The first-order chi connectivity index (χ1) is 9.65. The second-order valence-corrected chi connectivity index (χ2v) is 5.52. The van der Waals surface area contributed by atoms with Gasteiger partial charge in [0.15, 0.2) is 5.79 Å². The van der Waals surface area contributed by atoms with Crippen LogP contribution in [0.5, 0.6) is 0 Å². The second kappa shape index (κ2) is 5.38. The summed E-state index contributed by atoms with van der Waals surface area (Å²) >= 11 is 0. The van der Waals surface area contributed by atoms with E-state index < -0.39 is 5.79 Å². The molecule has 0 unspecified atom stereocenters. The fourth-order valence-corrected chi connectivity index (χ4v) is 2.89. The molecule has 0 spiro atoms. The van der Waals surface area contributed by atoms with Gasteiger partial charge in [0.05, 0.1) is 26.1 Å². The number of aryl methyl sites for hydroxylation is 2. The van der Waals surface area contributed by atoms with Crippen molar-refractivity contribution in [3.8, 4) is 0 Å². The van der Waals surface area contributed by atoms with Crippen LogP contribution in [0.1, 0.15) is 16.7 Å². The van der Waals surface area contributed by atoms with Crippen molar-refractivity contribution in [2.75, 3.05) is 13.2 Å². The molecule has 0 atom stereocenters. The van der Waals surface area contributed by atoms with Crippen molar-refractivity contribution in [2.45, 2.75) is 32.6 Å². The molecule has 0 N–H and O–H groups in total. The molecule has 2 aromatic rings. The topological polar surface area (TPSA) is 36.3 Å². The maximum atomic E-state index is 5.93. The van der Waals surface area contributed by atoms with Gasteiger partial charge in [0.25, 0.3) is 0 Å². The van der Waals surface area contributed by atoms with Gasteiger partial charge < -0.3 is 14.0 Å². The van der Waals surface area contributed by atoms with E-state index in [0.717, 1.165) is 6.42 Å². The van der Waals surface area contributed by atoms with Crippen LogP contribution >= 0.6 is 0 Å². The highest BCUT2D eigenvalue weighted by Crippen LogP contribution is 2.27. The lowest BCUT2D eigenvalue weighted by Crippen LogP contribution is -2.37. The first-order valence-corrected chi connectivity index (χ1v) is 6.96. The first kappa shape index (κ1) is 13.3. The average Bonchev–Trinajstić information content (AvgIpc) is 3.00. The molecular formula is C16H20N2O2. The summed E-state index contributed by atoms with van der Waals surface area (Å²) in [5.41, 5.74) is 3.80. The van der Waals surface area contributed by atoms with Gasteiger partial charge in [-0.3, -0.25) is 0 Å². The van der Waals surface area contributed by atoms with Gasteiger partial charge in [-0.1, -0.05) is 29.3 Å². The molecule has 1 aromatic carbocycles. The molecule has 0 aliphatic carbocycles. The Morgan fingerprint density at radius 1 is 1.15 bits per heavy atom. The summed E-state index contributed by atoms with van der Waals surface area (Å²) < 4.78 is 13.9. The Kier molecular flexibility index (Phi) is 3.59. The van der Waals surface area contributed by atoms with Crippen molar-refractivity contribution < 1.29 is 9.47 Å². The number of benzene rings is 1. The summed E-state index contributed by atoms with van der Waals surface area (Å²) in [6.07, 6.45) is 6.27. The second-order valence-electron chi connectivity index (χ2n) is 5.52. The average molecular weight is 272 g/mol. The summed E-state index contributed by atoms with van der Waals surface area (Å²) in [5.74, 6) is -0.569. The third-order valence-corrected chi connectivity index (χ3v) is 3.55. The Hall–Kier alpha value is -1.65. The first-order valence-electron chi connectivity index (χ1n) is 6.96. The standard InChI is InChI=1S/C16H20N2O2/c1-13-7-14(2)9-15(8-13)10-16(19-5-6-20-16)11-18-4-3-17-12-18/h3-4,7-9,12H,5-6,10-11H2,1-2H3. The third kappa shape index (κ3) is 2.92. The van der Waals surface area contributed by atoms with Gasteiger partial charge in [-0.2, -0.15) is 0 Å². The quantitative estimate of drug-likeness (QED) is 0.858. The van der Waals surface area contributed by atoms with E-state index in [1.165, 1.54) is 16.7 Å². The highest BCUT2D eigenvalue weighted by atomic mass is 16.7. The lowest BCUT2D eigenvalue weighted by atomic mass is 10.0. The number of nitrogens with zero attached hydrogens (tertiary/aromatic N) is 2. The van der Waals surface area contributed by atoms with Crippen LogP contribution in [0.3, 0.4) is 0 Å². The number of hydrogen-bond acceptors (Lipinski definition) is 3. The number of imidazole rings is 1. The molecule has 0 saturated carbocycles. The van der Waals surface area contributed by atoms with Crippen molar-refractivity contribution in [1.29, 1.82) is 0 Å². The van der Waals surface area contributed by atoms with Gasteiger partial charge in [0.1, 0.15) is 0 Å². The molecule has 3 rings (SSSR count). The molecule has 0 bridgehead atoms. The molecule has 20 heavy (non-hydrogen) atoms. The highest BCUT2D eigenvalue weighted by molar-refractivity contribution is 5.29. The number of aromatic nitrogens is 2. The number of ether oxygens (including phenoxy) is 2. The van der Waals surface area contributed by atoms with E-state index in [-0.39, 0.29) is 0 Å². The van der Waals surface area contributed by atoms with Crippen LogP contribution in [-0.2, 0) is 22.4 Å². The van der Waals surface area contributed by atoms with Crippen molar-refractivity contribution in [3.05, 3.63) is 53.6 Å². The van der Waals surface area contributed by atoms with Gasteiger partial charge in [0, 0.05) is 18.8 Å². The number of rotatable bonds is 4. The maximum Gasteiger partial charge on any atom is 0.190 e. The molecule has 2 heterocycles. The van der Waals surface area contributed by atoms with E-state index in [2.05, 4.69) is 37.0 Å². The van der Waals surface area contributed by atoms with E-state index in [0.29, 0.717) is 19.8 Å². The van der Waals surface area contributed by atoms with E-state index in [4.69, 9.17) is 9.47 Å². The molecule has 1 aliphatic rings. The molecule has 0 radical (unpaired) electrons. The van der Waals surface area contributed by atoms with E-state index in [1.54, 1.807) is 12.5 Å². The molecule has 1 aromatic heterocycles. The van der Waals surface area contributed by atoms with Gasteiger partial charge in [-0.25, -0.2) is 4.98 Å². The lowest BCUT2D eigenvalue weighted by molar-refractivity contribution is -0.166. The van der Waals surface area contributed by atoms with Gasteiger partial charge >= 0.3 is 0 Å². The van der Waals surface area contributed by atoms with Gasteiger partial charge in [-0.05, 0) is 19.4 Å². The normalized spacial score (nSPS) is 17.5. The fraction of sp³-hybridized carbons (Fsp3) is 0.438. The Morgan fingerprint density at radius 2 is 1.85 bits per heavy atom. The third-order valence-electron chi connectivity index (χ3n) is 3.55. The molecule has 1 fully saturated rings. The lowest BCUT2D eigenvalue weighted by Gasteiger charge is -2.28. The smallest absolute Gasteiger partial charge is 0.190 e. The SMILES string of the molecule is Cc1cc(C)cc(CC2(Cn3ccnc3)OCCO2)c1. The van der Waals surface area contributed by atoms with Gasteiger partial charge in [-0.15, -0.1) is 0 Å². The Labute approximate surface area is 119 Å². The van der Waals surface area contributed by atoms with Crippen LogP contribution in [0.4, 0.5) is 0 Å². The molecule has 4 nitrogen and oxygen atoms in total. The molecule has 1 saturated heterocycles. The summed E-state index contributed by atoms with van der Waals surface area (Å²) in [5, 5.41) is 0. The predicted octanol–water partition coefficient (Wildman–Crippen LogP) is 2.49. The largest absolute Gasteiger partial charge is 0.345 e. The zero-order chi connectivity index (χ0) is 14.0. The van der Waals surface area contributed by atoms with Crippen LogP contribution in [-0.4, -0.2) is 28.6 Å². The minimum absolute atomic E-state index is 0.569. The van der Waals surface area contributed by atoms with Crippen molar-refractivity contribution in [1.82, 2.24) is 9.55 Å². The van der Waals surface area contributed by atoms with E-state index in [1.807, 2.05) is 10.8 Å². The van der Waals surface area contributed by atoms with Crippen LogP contribution in [0, 0.1) is 13.8 Å². The minimum atomic E-state index is -0.569. The van der Waals surface area contributed by atoms with Crippen molar-refractivity contribution >= 4 is 0 Å². The Morgan fingerprint density at radius 3 is 2.45 bits per heavy atom. The number of hydrogen-bond donors (Lipinski definition) is 0. The van der Waals surface area contributed by atoms with E-state index >= 15 is 0 Å². The predicted molar refractivity (Wildman–Crippen MR) is 76.5 cm³/mol.